The van der Waals surface area contributed by atoms with E-state index in [1.54, 1.807) is 32.7 Å². The van der Waals surface area contributed by atoms with Crippen molar-refractivity contribution in [3.63, 3.8) is 0 Å². The Morgan fingerprint density at radius 1 is 1.03 bits per heavy atom. The van der Waals surface area contributed by atoms with Crippen LogP contribution in [0.1, 0.15) is 5.56 Å². The average molecular weight is 419 g/mol. The van der Waals surface area contributed by atoms with Gasteiger partial charge in [0.25, 0.3) is 0 Å². The van der Waals surface area contributed by atoms with Gasteiger partial charge < -0.3 is 29.3 Å². The van der Waals surface area contributed by atoms with Gasteiger partial charge in [-0.1, -0.05) is 6.07 Å². The Morgan fingerprint density at radius 2 is 1.79 bits per heavy atom. The Labute approximate surface area is 176 Å². The summed E-state index contributed by atoms with van der Waals surface area (Å²) in [5.74, 6) is 2.95. The van der Waals surface area contributed by atoms with Crippen molar-refractivity contribution in [1.29, 1.82) is 0 Å². The highest BCUT2D eigenvalue weighted by molar-refractivity contribution is 7.14. The van der Waals surface area contributed by atoms with Crippen LogP contribution in [0.15, 0.2) is 34.6 Å². The van der Waals surface area contributed by atoms with Crippen molar-refractivity contribution in [2.45, 2.75) is 6.42 Å². The molecule has 1 saturated heterocycles. The fraction of sp³-hybridized carbons (Fsp3) is 0.476. The first-order chi connectivity index (χ1) is 14.2. The zero-order chi connectivity index (χ0) is 20.6. The van der Waals surface area contributed by atoms with E-state index in [1.807, 2.05) is 19.2 Å². The molecule has 0 bridgehead atoms. The number of piperazine rings is 1. The van der Waals surface area contributed by atoms with Gasteiger partial charge in [0.05, 0.1) is 26.3 Å². The minimum Gasteiger partial charge on any atom is -0.493 e. The number of rotatable bonds is 7. The summed E-state index contributed by atoms with van der Waals surface area (Å²) >= 11 is 1.80. The van der Waals surface area contributed by atoms with E-state index in [9.17, 15) is 0 Å². The molecule has 1 N–H and O–H groups in total. The number of benzene rings is 1. The predicted molar refractivity (Wildman–Crippen MR) is 119 cm³/mol. The maximum atomic E-state index is 5.58. The molecule has 0 radical (unpaired) electrons. The number of anilines is 1. The van der Waals surface area contributed by atoms with Crippen LogP contribution in [0.3, 0.4) is 0 Å². The number of hydrogen-bond acceptors (Lipinski definition) is 6. The van der Waals surface area contributed by atoms with Crippen molar-refractivity contribution >= 4 is 22.3 Å². The normalized spacial score (nSPS) is 14.7. The van der Waals surface area contributed by atoms with E-state index in [0.29, 0.717) is 17.2 Å². The van der Waals surface area contributed by atoms with Crippen LogP contribution >= 0.6 is 11.3 Å². The molecular weight excluding hydrogens is 388 g/mol. The van der Waals surface area contributed by atoms with Crippen LogP contribution in [0.5, 0.6) is 17.2 Å². The number of thiophene rings is 1. The van der Waals surface area contributed by atoms with E-state index >= 15 is 0 Å². The van der Waals surface area contributed by atoms with Crippen molar-refractivity contribution in [3.8, 4) is 17.2 Å². The standard InChI is InChI=1S/C21H30N4O3S/c1-22-21(25-13-11-24(12-14-25)18-6-5-15-29-18)23-10-9-16-7-8-17(26-2)20(28-4)19(16)27-3/h5-8,15H,9-14H2,1-4H3,(H,22,23). The number of methoxy groups -OCH3 is 3. The number of nitrogens with one attached hydrogen (secondary N) is 1. The minimum atomic E-state index is 0.626. The van der Waals surface area contributed by atoms with Gasteiger partial charge in [-0.2, -0.15) is 0 Å². The Kier molecular flexibility index (Phi) is 7.46. The Hall–Kier alpha value is -2.61. The molecule has 1 aromatic heterocycles. The number of aliphatic imine (C=N–C) groups is 1. The highest BCUT2D eigenvalue weighted by atomic mass is 32.1. The number of nitrogens with zero attached hydrogens (tertiary/aromatic N) is 3. The average Bonchev–Trinajstić information content (AvgIpc) is 3.31. The van der Waals surface area contributed by atoms with Crippen LogP contribution in [0.25, 0.3) is 0 Å². The smallest absolute Gasteiger partial charge is 0.203 e. The van der Waals surface area contributed by atoms with Gasteiger partial charge in [0, 0.05) is 45.3 Å². The summed E-state index contributed by atoms with van der Waals surface area (Å²) in [4.78, 5) is 9.22. The fourth-order valence-corrected chi connectivity index (χ4v) is 4.38. The van der Waals surface area contributed by atoms with Crippen molar-refractivity contribution < 1.29 is 14.2 Å². The molecule has 0 atom stereocenters. The topological polar surface area (TPSA) is 58.6 Å². The molecular formula is C21H30N4O3S. The molecule has 1 fully saturated rings. The monoisotopic (exact) mass is 418 g/mol. The van der Waals surface area contributed by atoms with E-state index in [1.165, 1.54) is 5.00 Å². The second-order valence-electron chi connectivity index (χ2n) is 6.64. The largest absolute Gasteiger partial charge is 0.493 e. The minimum absolute atomic E-state index is 0.626. The van der Waals surface area contributed by atoms with Crippen molar-refractivity contribution in [1.82, 2.24) is 10.2 Å². The molecule has 29 heavy (non-hydrogen) atoms. The summed E-state index contributed by atoms with van der Waals surface area (Å²) in [6.45, 7) is 4.67. The quantitative estimate of drug-likeness (QED) is 0.551. The van der Waals surface area contributed by atoms with Gasteiger partial charge in [0.1, 0.15) is 0 Å². The highest BCUT2D eigenvalue weighted by Gasteiger charge is 2.20. The Bertz CT molecular complexity index is 803. The van der Waals surface area contributed by atoms with Gasteiger partial charge >= 0.3 is 0 Å². The van der Waals surface area contributed by atoms with Crippen molar-refractivity contribution in [2.24, 2.45) is 4.99 Å². The van der Waals surface area contributed by atoms with E-state index in [4.69, 9.17) is 14.2 Å². The maximum absolute atomic E-state index is 5.58. The summed E-state index contributed by atoms with van der Waals surface area (Å²) in [6, 6.07) is 8.22. The Balaban J connectivity index is 1.56. The highest BCUT2D eigenvalue weighted by Crippen LogP contribution is 2.39. The molecule has 3 rings (SSSR count). The summed E-state index contributed by atoms with van der Waals surface area (Å²) < 4.78 is 16.4. The fourth-order valence-electron chi connectivity index (χ4n) is 3.59. The van der Waals surface area contributed by atoms with Gasteiger partial charge in [-0.3, -0.25) is 4.99 Å². The van der Waals surface area contributed by atoms with Gasteiger partial charge in [0.2, 0.25) is 5.75 Å². The van der Waals surface area contributed by atoms with Crippen molar-refractivity contribution in [2.75, 3.05) is 66.0 Å². The number of guanidine groups is 1. The van der Waals surface area contributed by atoms with Crippen LogP contribution in [0.2, 0.25) is 0 Å². The Morgan fingerprint density at radius 3 is 2.38 bits per heavy atom. The lowest BCUT2D eigenvalue weighted by atomic mass is 10.1. The summed E-state index contributed by atoms with van der Waals surface area (Å²) in [6.07, 6.45) is 0.789. The zero-order valence-electron chi connectivity index (χ0n) is 17.6. The van der Waals surface area contributed by atoms with Crippen LogP contribution < -0.4 is 24.4 Å². The number of ether oxygens (including phenoxy) is 3. The van der Waals surface area contributed by atoms with Gasteiger partial charge in [0.15, 0.2) is 17.5 Å². The molecule has 1 aliphatic heterocycles. The van der Waals surface area contributed by atoms with Gasteiger partial charge in [-0.25, -0.2) is 0 Å². The molecule has 158 valence electrons. The van der Waals surface area contributed by atoms with Gasteiger partial charge in [-0.15, -0.1) is 11.3 Å². The summed E-state index contributed by atoms with van der Waals surface area (Å²) in [7, 11) is 6.74. The maximum Gasteiger partial charge on any atom is 0.203 e. The molecule has 0 spiro atoms. The van der Waals surface area contributed by atoms with Crippen LogP contribution in [-0.4, -0.2) is 72.0 Å². The molecule has 2 heterocycles. The van der Waals surface area contributed by atoms with E-state index in [-0.39, 0.29) is 0 Å². The first-order valence-corrected chi connectivity index (χ1v) is 10.6. The van der Waals surface area contributed by atoms with Crippen LogP contribution in [0, 0.1) is 0 Å². The van der Waals surface area contributed by atoms with Crippen LogP contribution in [0.4, 0.5) is 5.00 Å². The summed E-state index contributed by atoms with van der Waals surface area (Å²) in [5, 5.41) is 6.96. The van der Waals surface area contributed by atoms with Crippen molar-refractivity contribution in [3.05, 3.63) is 35.2 Å². The zero-order valence-corrected chi connectivity index (χ0v) is 18.4. The third-order valence-corrected chi connectivity index (χ3v) is 6.00. The molecule has 0 aliphatic carbocycles. The SMILES string of the molecule is CN=C(NCCc1ccc(OC)c(OC)c1OC)N1CCN(c2cccs2)CC1. The van der Waals surface area contributed by atoms with E-state index in [0.717, 1.165) is 50.7 Å². The van der Waals surface area contributed by atoms with E-state index < -0.39 is 0 Å². The number of hydrogen-bond donors (Lipinski definition) is 1. The molecule has 0 amide bonds. The van der Waals surface area contributed by atoms with Crippen LogP contribution in [-0.2, 0) is 6.42 Å². The summed E-state index contributed by atoms with van der Waals surface area (Å²) in [5.41, 5.74) is 1.07. The molecule has 1 aliphatic rings. The second kappa shape index (κ2) is 10.2. The lowest BCUT2D eigenvalue weighted by Gasteiger charge is -2.37. The van der Waals surface area contributed by atoms with Gasteiger partial charge in [-0.05, 0) is 30.0 Å². The predicted octanol–water partition coefficient (Wildman–Crippen LogP) is 2.71. The molecule has 8 heteroatoms. The first kappa shape index (κ1) is 21.1. The lowest BCUT2D eigenvalue weighted by Crippen LogP contribution is -2.52. The lowest BCUT2D eigenvalue weighted by molar-refractivity contribution is 0.322. The molecule has 7 nitrogen and oxygen atoms in total. The first-order valence-electron chi connectivity index (χ1n) is 9.73. The van der Waals surface area contributed by atoms with E-state index in [2.05, 4.69) is 37.6 Å². The molecule has 0 unspecified atom stereocenters. The third kappa shape index (κ3) is 4.87. The molecule has 1 aromatic carbocycles. The molecule has 0 saturated carbocycles. The second-order valence-corrected chi connectivity index (χ2v) is 7.57. The molecule has 2 aromatic rings. The third-order valence-electron chi connectivity index (χ3n) is 5.07.